The molecule has 43 heavy (non-hydrogen) atoms. The van der Waals surface area contributed by atoms with Crippen molar-refractivity contribution in [1.82, 2.24) is 9.97 Å². The molecule has 214 valence electrons. The smallest absolute Gasteiger partial charge is 0.291 e. The van der Waals surface area contributed by atoms with E-state index in [1.54, 1.807) is 12.4 Å². The van der Waals surface area contributed by atoms with Gasteiger partial charge >= 0.3 is 55.6 Å². The molecule has 0 bridgehead atoms. The standard InChI is InChI=1S/C18H9F3O4S3.C12H8N2.Eu/c19-18(20,21)16(25)17(13(22)10-4-1-7-26-10,14(23)11-5-2-8-27-11)15(24)12-6-3-9-28-12;1-3-9-5-6-10-4-2-8-14-12(10)11(9)13-7-1;/h1-9H;1-8H;/q;;+3. The van der Waals surface area contributed by atoms with Crippen molar-refractivity contribution in [3.8, 4) is 0 Å². The molecule has 0 spiro atoms. The van der Waals surface area contributed by atoms with Gasteiger partial charge in [-0.15, -0.1) is 34.0 Å². The predicted molar refractivity (Wildman–Crippen MR) is 156 cm³/mol. The molecule has 0 radical (unpaired) electrons. The van der Waals surface area contributed by atoms with Gasteiger partial charge in [0.2, 0.25) is 22.8 Å². The van der Waals surface area contributed by atoms with Gasteiger partial charge in [0, 0.05) is 23.2 Å². The summed E-state index contributed by atoms with van der Waals surface area (Å²) in [6, 6.07) is 19.8. The molecule has 0 aliphatic carbocycles. The third-order valence-corrected chi connectivity index (χ3v) is 8.81. The summed E-state index contributed by atoms with van der Waals surface area (Å²) in [5.41, 5.74) is -1.60. The molecule has 0 aliphatic heterocycles. The number of rotatable bonds is 7. The molecule has 5 heterocycles. The van der Waals surface area contributed by atoms with Crippen molar-refractivity contribution in [3.63, 3.8) is 0 Å². The Morgan fingerprint density at radius 1 is 0.558 bits per heavy atom. The molecular weight excluding hydrogens is 757 g/mol. The van der Waals surface area contributed by atoms with Crippen molar-refractivity contribution in [3.05, 3.63) is 116 Å². The van der Waals surface area contributed by atoms with Crippen molar-refractivity contribution < 1.29 is 81.7 Å². The van der Waals surface area contributed by atoms with Gasteiger partial charge in [-0.1, -0.05) is 42.5 Å². The molecule has 6 aromatic rings. The van der Waals surface area contributed by atoms with Crippen LogP contribution in [0.3, 0.4) is 0 Å². The van der Waals surface area contributed by atoms with Crippen LogP contribution in [0.5, 0.6) is 0 Å². The van der Waals surface area contributed by atoms with Crippen molar-refractivity contribution in [2.45, 2.75) is 6.18 Å². The van der Waals surface area contributed by atoms with E-state index in [2.05, 4.69) is 34.2 Å². The van der Waals surface area contributed by atoms with E-state index in [1.807, 2.05) is 12.1 Å². The van der Waals surface area contributed by atoms with Crippen LogP contribution >= 0.6 is 34.0 Å². The molecule has 5 aromatic heterocycles. The number of benzene rings is 1. The minimum Gasteiger partial charge on any atom is -0.291 e. The van der Waals surface area contributed by atoms with Gasteiger partial charge in [-0.25, -0.2) is 0 Å². The molecule has 6 nitrogen and oxygen atoms in total. The minimum atomic E-state index is -5.58. The van der Waals surface area contributed by atoms with Crippen LogP contribution in [0.4, 0.5) is 13.2 Å². The molecule has 13 heteroatoms. The topological polar surface area (TPSA) is 94.1 Å². The van der Waals surface area contributed by atoms with Gasteiger partial charge in [0.1, 0.15) is 0 Å². The summed E-state index contributed by atoms with van der Waals surface area (Å²) >= 11 is 2.25. The van der Waals surface area contributed by atoms with Crippen LogP contribution in [0.1, 0.15) is 29.0 Å². The SMILES string of the molecule is O=C(c1cccs1)C(C(=O)c1cccs1)(C(=O)c1cccs1)C(=O)C(F)(F)F.[Eu+3].c1cnc2c(c1)ccc1cccnc12. The van der Waals surface area contributed by atoms with Crippen molar-refractivity contribution in [2.24, 2.45) is 5.41 Å². The number of Topliss-reactive ketones (excluding diaryl/α,β-unsaturated/α-hetero) is 4. The zero-order valence-corrected chi connectivity index (χ0v) is 26.5. The van der Waals surface area contributed by atoms with E-state index in [9.17, 15) is 32.3 Å². The van der Waals surface area contributed by atoms with Crippen LogP contribution in [0.2, 0.25) is 0 Å². The zero-order chi connectivity index (χ0) is 29.9. The monoisotopic (exact) mass is 775 g/mol. The number of thiophene rings is 3. The fourth-order valence-corrected chi connectivity index (χ4v) is 6.45. The van der Waals surface area contributed by atoms with E-state index in [0.29, 0.717) is 0 Å². The van der Waals surface area contributed by atoms with Crippen LogP contribution in [0.15, 0.2) is 101 Å². The first kappa shape index (κ1) is 33.1. The fourth-order valence-electron chi connectivity index (χ4n) is 4.29. The molecule has 6 rings (SSSR count). The average Bonchev–Trinajstić information content (AvgIpc) is 3.81. The largest absolute Gasteiger partial charge is 3.00 e. The molecule has 0 amide bonds. The van der Waals surface area contributed by atoms with Crippen LogP contribution in [0, 0.1) is 54.8 Å². The Kier molecular flexibility index (Phi) is 10.7. The first-order valence-electron chi connectivity index (χ1n) is 12.1. The molecule has 1 aromatic carbocycles. The number of nitrogens with zero attached hydrogens (tertiary/aromatic N) is 2. The molecule has 0 atom stereocenters. The number of halogens is 3. The molecule has 0 aliphatic rings. The maximum Gasteiger partial charge on any atom is 3.00 e. The third kappa shape index (κ3) is 6.52. The Labute approximate surface area is 295 Å². The number of pyridine rings is 2. The summed E-state index contributed by atoms with van der Waals surface area (Å²) in [4.78, 5) is 59.8. The maximum atomic E-state index is 13.6. The van der Waals surface area contributed by atoms with E-state index in [1.165, 1.54) is 52.5 Å². The normalized spacial score (nSPS) is 11.3. The number of hydrogen-bond donors (Lipinski definition) is 0. The summed E-state index contributed by atoms with van der Waals surface area (Å²) in [6.07, 6.45) is -1.97. The summed E-state index contributed by atoms with van der Waals surface area (Å²) in [7, 11) is 0. The predicted octanol–water partition coefficient (Wildman–Crippen LogP) is 7.72. The van der Waals surface area contributed by atoms with Crippen molar-refractivity contribution in [1.29, 1.82) is 0 Å². The first-order chi connectivity index (χ1) is 20.2. The van der Waals surface area contributed by atoms with Gasteiger partial charge in [-0.2, -0.15) is 13.2 Å². The van der Waals surface area contributed by atoms with Crippen molar-refractivity contribution in [2.75, 3.05) is 0 Å². The van der Waals surface area contributed by atoms with Crippen molar-refractivity contribution >= 4 is 78.9 Å². The number of hydrogen-bond acceptors (Lipinski definition) is 9. The van der Waals surface area contributed by atoms with Gasteiger partial charge in [0.25, 0.3) is 5.78 Å². The van der Waals surface area contributed by atoms with E-state index >= 15 is 0 Å². The Hall–Kier alpha value is -2.81. The quantitative estimate of drug-likeness (QED) is 0.0938. The molecule has 0 N–H and O–H groups in total. The Morgan fingerprint density at radius 3 is 1.23 bits per heavy atom. The fraction of sp³-hybridized carbons (Fsp3) is 0.0667. The third-order valence-electron chi connectivity index (χ3n) is 6.20. The number of alkyl halides is 3. The number of fused-ring (bicyclic) bond motifs is 3. The van der Waals surface area contributed by atoms with Gasteiger partial charge < -0.3 is 0 Å². The Balaban J connectivity index is 0.000000235. The Bertz CT molecular complexity index is 1740. The molecular formula is C30H17EuF3N2O4S3+3. The summed E-state index contributed by atoms with van der Waals surface area (Å²) in [5, 5.41) is 6.49. The van der Waals surface area contributed by atoms with Crippen LogP contribution in [0.25, 0.3) is 21.8 Å². The van der Waals surface area contributed by atoms with Crippen LogP contribution in [-0.2, 0) is 4.79 Å². The molecule has 0 unspecified atom stereocenters. The van der Waals surface area contributed by atoms with E-state index < -0.39 is 34.7 Å². The maximum absolute atomic E-state index is 13.6. The molecule has 0 saturated heterocycles. The minimum absolute atomic E-state index is 0. The summed E-state index contributed by atoms with van der Waals surface area (Å²) < 4.78 is 40.7. The van der Waals surface area contributed by atoms with Gasteiger partial charge in [-0.05, 0) is 46.5 Å². The van der Waals surface area contributed by atoms with E-state index in [4.69, 9.17) is 0 Å². The van der Waals surface area contributed by atoms with Crippen LogP contribution < -0.4 is 0 Å². The first-order valence-corrected chi connectivity index (χ1v) is 14.7. The van der Waals surface area contributed by atoms with Gasteiger partial charge in [0.05, 0.1) is 25.7 Å². The van der Waals surface area contributed by atoms with E-state index in [-0.39, 0.29) is 64.0 Å². The van der Waals surface area contributed by atoms with E-state index in [0.717, 1.165) is 55.8 Å². The summed E-state index contributed by atoms with van der Waals surface area (Å²) in [6.45, 7) is 0. The number of carbonyl (C=O) groups is 4. The van der Waals surface area contributed by atoms with Gasteiger partial charge in [-0.3, -0.25) is 29.1 Å². The van der Waals surface area contributed by atoms with Gasteiger partial charge in [0.15, 0.2) is 0 Å². The number of carbonyl (C=O) groups excluding carboxylic acids is 4. The number of aromatic nitrogens is 2. The second-order valence-electron chi connectivity index (χ2n) is 8.71. The second-order valence-corrected chi connectivity index (χ2v) is 11.6. The Morgan fingerprint density at radius 2 is 0.930 bits per heavy atom. The molecule has 0 saturated carbocycles. The second kappa shape index (κ2) is 13.9. The summed E-state index contributed by atoms with van der Waals surface area (Å²) in [5.74, 6) is -7.10. The zero-order valence-electron chi connectivity index (χ0n) is 21.6. The molecule has 0 fully saturated rings. The van der Waals surface area contributed by atoms with Crippen LogP contribution in [-0.4, -0.2) is 39.3 Å². The number of ketones is 4. The average molecular weight is 775 g/mol.